The van der Waals surface area contributed by atoms with Gasteiger partial charge in [-0.25, -0.2) is 9.97 Å². The molecule has 0 unspecified atom stereocenters. The number of benzene rings is 10. The summed E-state index contributed by atoms with van der Waals surface area (Å²) in [7, 11) is 0. The molecule has 0 saturated heterocycles. The first-order valence-electron chi connectivity index (χ1n) is 21.2. The van der Waals surface area contributed by atoms with E-state index < -0.39 is 0 Å². The average molecular weight is 787 g/mol. The van der Waals surface area contributed by atoms with Crippen LogP contribution in [0.25, 0.3) is 132 Å². The van der Waals surface area contributed by atoms with Crippen LogP contribution in [-0.4, -0.2) is 19.1 Å². The van der Waals surface area contributed by atoms with Gasteiger partial charge >= 0.3 is 0 Å². The van der Waals surface area contributed by atoms with Crippen molar-refractivity contribution in [2.45, 2.75) is 0 Å². The quantitative estimate of drug-likeness (QED) is 0.178. The van der Waals surface area contributed by atoms with Gasteiger partial charge in [0.05, 0.1) is 33.3 Å². The molecule has 4 heteroatoms. The summed E-state index contributed by atoms with van der Waals surface area (Å²) in [6.45, 7) is 0. The third-order valence-corrected chi connectivity index (χ3v) is 13.2. The normalized spacial score (nSPS) is 12.2. The van der Waals surface area contributed by atoms with Crippen LogP contribution in [0.3, 0.4) is 0 Å². The van der Waals surface area contributed by atoms with Gasteiger partial charge in [-0.1, -0.05) is 133 Å². The minimum atomic E-state index is 0.750. The molecule has 0 atom stereocenters. The lowest BCUT2D eigenvalue weighted by Crippen LogP contribution is -1.95. The first-order valence-corrected chi connectivity index (χ1v) is 21.2. The topological polar surface area (TPSA) is 35.6 Å². The second-order valence-corrected chi connectivity index (χ2v) is 16.6. The van der Waals surface area contributed by atoms with Crippen LogP contribution in [0.2, 0.25) is 0 Å². The van der Waals surface area contributed by atoms with E-state index in [1.54, 1.807) is 0 Å². The van der Waals surface area contributed by atoms with Gasteiger partial charge in [0.1, 0.15) is 0 Å². The molecule has 62 heavy (non-hydrogen) atoms. The summed E-state index contributed by atoms with van der Waals surface area (Å²) in [5.74, 6) is 0.750. The molecule has 286 valence electrons. The van der Waals surface area contributed by atoms with Crippen LogP contribution in [0, 0.1) is 0 Å². The number of fused-ring (bicyclic) bond motifs is 12. The lowest BCUT2D eigenvalue weighted by atomic mass is 9.99. The van der Waals surface area contributed by atoms with Crippen LogP contribution in [0.15, 0.2) is 206 Å². The first kappa shape index (κ1) is 33.5. The molecule has 0 aliphatic heterocycles. The molecule has 14 rings (SSSR count). The number of rotatable bonds is 4. The van der Waals surface area contributed by atoms with E-state index in [0.717, 1.165) is 44.7 Å². The number of nitrogens with zero attached hydrogens (tertiary/aromatic N) is 4. The Labute approximate surface area is 356 Å². The predicted molar refractivity (Wildman–Crippen MR) is 259 cm³/mol. The minimum Gasteiger partial charge on any atom is -0.309 e. The Kier molecular flexibility index (Phi) is 6.80. The van der Waals surface area contributed by atoms with Gasteiger partial charge in [0.15, 0.2) is 5.82 Å². The second kappa shape index (κ2) is 12.6. The molecule has 0 N–H and O–H groups in total. The summed E-state index contributed by atoms with van der Waals surface area (Å²) in [6, 6.07) is 75.1. The fourth-order valence-corrected chi connectivity index (χ4v) is 10.4. The third kappa shape index (κ3) is 4.72. The van der Waals surface area contributed by atoms with Crippen molar-refractivity contribution in [1.29, 1.82) is 0 Å². The second-order valence-electron chi connectivity index (χ2n) is 16.6. The molecular weight excluding hydrogens is 753 g/mol. The average Bonchev–Trinajstić information content (AvgIpc) is 3.97. The summed E-state index contributed by atoms with van der Waals surface area (Å²) in [4.78, 5) is 10.3. The van der Waals surface area contributed by atoms with Gasteiger partial charge in [0, 0.05) is 49.4 Å². The lowest BCUT2D eigenvalue weighted by molar-refractivity contribution is 1.18. The molecule has 0 bridgehead atoms. The molecule has 0 spiro atoms. The molecule has 3 heterocycles. The van der Waals surface area contributed by atoms with Crippen LogP contribution >= 0.6 is 0 Å². The van der Waals surface area contributed by atoms with Crippen LogP contribution < -0.4 is 0 Å². The molecule has 10 aromatic carbocycles. The molecule has 0 saturated carbocycles. The van der Waals surface area contributed by atoms with Crippen molar-refractivity contribution in [3.05, 3.63) is 206 Å². The number of hydrogen-bond acceptors (Lipinski definition) is 2. The maximum Gasteiger partial charge on any atom is 0.160 e. The number of para-hydroxylation sites is 2. The lowest BCUT2D eigenvalue weighted by Gasteiger charge is -2.11. The zero-order chi connectivity index (χ0) is 40.5. The van der Waals surface area contributed by atoms with Gasteiger partial charge in [-0.3, -0.25) is 0 Å². The van der Waals surface area contributed by atoms with Crippen molar-refractivity contribution in [2.24, 2.45) is 0 Å². The SMILES string of the molecule is c1ccc(-n2c3ccc(-c4ccc5c(c4)c4ccccc4n5-c4ccc5cc(-c6nc7c8c(cccc8n6)-c6ccccc6-7)ccc5c4)cc3c3c4ccccc4ccc32)cc1. The van der Waals surface area contributed by atoms with Gasteiger partial charge in [0.25, 0.3) is 0 Å². The Balaban J connectivity index is 0.888. The number of hydrogen-bond donors (Lipinski definition) is 0. The van der Waals surface area contributed by atoms with Crippen LogP contribution in [0.5, 0.6) is 0 Å². The zero-order valence-electron chi connectivity index (χ0n) is 33.4. The van der Waals surface area contributed by atoms with E-state index in [-0.39, 0.29) is 0 Å². The van der Waals surface area contributed by atoms with Gasteiger partial charge in [0.2, 0.25) is 0 Å². The van der Waals surface area contributed by atoms with E-state index in [2.05, 4.69) is 215 Å². The largest absolute Gasteiger partial charge is 0.309 e. The molecule has 1 aliphatic rings. The van der Waals surface area contributed by atoms with Gasteiger partial charge in [-0.15, -0.1) is 0 Å². The molecule has 3 aromatic heterocycles. The highest BCUT2D eigenvalue weighted by molar-refractivity contribution is 6.22. The molecule has 13 aromatic rings. The highest BCUT2D eigenvalue weighted by atomic mass is 15.0. The minimum absolute atomic E-state index is 0.750. The number of aromatic nitrogens is 4. The van der Waals surface area contributed by atoms with E-state index in [9.17, 15) is 0 Å². The molecular formula is C58H34N4. The van der Waals surface area contributed by atoms with Gasteiger partial charge in [-0.2, -0.15) is 0 Å². The summed E-state index contributed by atoms with van der Waals surface area (Å²) in [5.41, 5.74) is 16.1. The van der Waals surface area contributed by atoms with Crippen LogP contribution in [0.4, 0.5) is 0 Å². The Morgan fingerprint density at radius 2 is 0.935 bits per heavy atom. The fourth-order valence-electron chi connectivity index (χ4n) is 10.4. The van der Waals surface area contributed by atoms with Crippen molar-refractivity contribution in [2.75, 3.05) is 0 Å². The molecule has 1 aliphatic carbocycles. The Morgan fingerprint density at radius 1 is 0.306 bits per heavy atom. The highest BCUT2D eigenvalue weighted by Crippen LogP contribution is 2.46. The Bertz CT molecular complexity index is 4040. The molecule has 0 fully saturated rings. The van der Waals surface area contributed by atoms with Crippen molar-refractivity contribution in [3.63, 3.8) is 0 Å². The molecule has 4 nitrogen and oxygen atoms in total. The predicted octanol–water partition coefficient (Wildman–Crippen LogP) is 15.1. The summed E-state index contributed by atoms with van der Waals surface area (Å²) >= 11 is 0. The third-order valence-electron chi connectivity index (χ3n) is 13.2. The molecule has 0 amide bonds. The fraction of sp³-hybridized carbons (Fsp3) is 0. The van der Waals surface area contributed by atoms with Crippen molar-refractivity contribution in [1.82, 2.24) is 19.1 Å². The smallest absolute Gasteiger partial charge is 0.160 e. The Morgan fingerprint density at radius 3 is 1.82 bits per heavy atom. The van der Waals surface area contributed by atoms with E-state index in [1.807, 2.05) is 0 Å². The Hall–Kier alpha value is -8.34. The van der Waals surface area contributed by atoms with Crippen molar-refractivity contribution in [3.8, 4) is 56.3 Å². The van der Waals surface area contributed by atoms with Gasteiger partial charge in [-0.05, 0) is 117 Å². The van der Waals surface area contributed by atoms with E-state index in [4.69, 9.17) is 9.97 Å². The summed E-state index contributed by atoms with van der Waals surface area (Å²) < 4.78 is 4.82. The monoisotopic (exact) mass is 786 g/mol. The van der Waals surface area contributed by atoms with Crippen LogP contribution in [-0.2, 0) is 0 Å². The maximum atomic E-state index is 5.18. The van der Waals surface area contributed by atoms with E-state index in [1.165, 1.54) is 87.6 Å². The van der Waals surface area contributed by atoms with Crippen molar-refractivity contribution < 1.29 is 0 Å². The van der Waals surface area contributed by atoms with E-state index in [0.29, 0.717) is 0 Å². The molecule has 0 radical (unpaired) electrons. The first-order chi connectivity index (χ1) is 30.7. The van der Waals surface area contributed by atoms with Gasteiger partial charge < -0.3 is 9.13 Å². The standard InChI is InChI=1S/C58H34N4/c1-2-12-41(13-3-1)61-53-29-26-39(34-49(53)55-43-14-5-4-11-35(43)24-30-54(55)61)38-25-28-52-48(33-38)45-16-8-9-20-51(45)62(52)42-27-23-36-31-40(22-21-37(36)32-42)58-59-50-19-10-18-46-44-15-6-7-17-47(44)57(60-58)56(46)50/h1-34H. The zero-order valence-corrected chi connectivity index (χ0v) is 33.4. The van der Waals surface area contributed by atoms with E-state index >= 15 is 0 Å². The maximum absolute atomic E-state index is 5.18. The highest BCUT2D eigenvalue weighted by Gasteiger charge is 2.24. The van der Waals surface area contributed by atoms with Crippen LogP contribution in [0.1, 0.15) is 0 Å². The summed E-state index contributed by atoms with van der Waals surface area (Å²) in [6.07, 6.45) is 0. The summed E-state index contributed by atoms with van der Waals surface area (Å²) in [5, 5.41) is 11.0. The van der Waals surface area contributed by atoms with Crippen molar-refractivity contribution >= 4 is 76.1 Å².